The van der Waals surface area contributed by atoms with Crippen LogP contribution in [0.25, 0.3) is 10.9 Å². The number of hydrogen-bond donors (Lipinski definition) is 0. The first-order valence-corrected chi connectivity index (χ1v) is 11.6. The third kappa shape index (κ3) is 4.88. The molecule has 2 atom stereocenters. The molecule has 1 aromatic carbocycles. The largest absolute Gasteiger partial charge is 0.497 e. The van der Waals surface area contributed by atoms with E-state index in [1.54, 1.807) is 14.2 Å². The third-order valence-electron chi connectivity index (χ3n) is 6.42. The van der Waals surface area contributed by atoms with Gasteiger partial charge in [-0.05, 0) is 64.0 Å². The number of fused-ring (bicyclic) bond motifs is 1. The number of nitrogens with zero attached hydrogens (tertiary/aromatic N) is 3. The number of benzene rings is 1. The summed E-state index contributed by atoms with van der Waals surface area (Å²) < 4.78 is 18.6. The fraction of sp³-hybridized carbons (Fsp3) is 0.667. The Balaban J connectivity index is 1.63. The van der Waals surface area contributed by atoms with Crippen LogP contribution < -0.4 is 4.74 Å². The van der Waals surface area contributed by atoms with E-state index < -0.39 is 0 Å². The van der Waals surface area contributed by atoms with Crippen molar-refractivity contribution < 1.29 is 19.0 Å². The van der Waals surface area contributed by atoms with Crippen molar-refractivity contribution in [2.45, 2.75) is 76.6 Å². The van der Waals surface area contributed by atoms with Gasteiger partial charge in [-0.3, -0.25) is 9.48 Å². The zero-order valence-corrected chi connectivity index (χ0v) is 19.0. The molecule has 1 aromatic heterocycles. The summed E-state index contributed by atoms with van der Waals surface area (Å²) >= 11 is 0. The standard InChI is InChI=1S/C24H35N3O4/c1-17(27(18-9-10-18)24(28)22-8-4-6-15-31-22)23-20-12-11-19(30-3)16-21(20)26(25-23)13-5-7-14-29-2/h11-12,16-18,22H,4-10,13-15H2,1-3H3/t17-,22-/m1/s1. The van der Waals surface area contributed by atoms with E-state index in [0.29, 0.717) is 12.6 Å². The minimum absolute atomic E-state index is 0.0957. The van der Waals surface area contributed by atoms with Gasteiger partial charge in [0, 0.05) is 44.4 Å². The maximum absolute atomic E-state index is 13.4. The minimum atomic E-state index is -0.306. The fourth-order valence-corrected chi connectivity index (χ4v) is 4.57. The molecule has 31 heavy (non-hydrogen) atoms. The van der Waals surface area contributed by atoms with Crippen molar-refractivity contribution in [1.29, 1.82) is 0 Å². The molecule has 4 rings (SSSR count). The van der Waals surface area contributed by atoms with E-state index in [4.69, 9.17) is 19.3 Å². The molecule has 1 aliphatic heterocycles. The van der Waals surface area contributed by atoms with Crippen LogP contribution in [0.1, 0.15) is 63.6 Å². The molecule has 7 heteroatoms. The first-order valence-electron chi connectivity index (χ1n) is 11.6. The number of ether oxygens (including phenoxy) is 3. The topological polar surface area (TPSA) is 65.8 Å². The van der Waals surface area contributed by atoms with Gasteiger partial charge in [0.2, 0.25) is 0 Å². The Bertz CT molecular complexity index is 886. The number of hydrogen-bond acceptors (Lipinski definition) is 5. The molecule has 1 aliphatic carbocycles. The smallest absolute Gasteiger partial charge is 0.252 e. The lowest BCUT2D eigenvalue weighted by Gasteiger charge is -2.33. The molecular weight excluding hydrogens is 394 g/mol. The van der Waals surface area contributed by atoms with Crippen LogP contribution in [-0.2, 0) is 20.8 Å². The minimum Gasteiger partial charge on any atom is -0.497 e. The van der Waals surface area contributed by atoms with Crippen LogP contribution in [0.15, 0.2) is 18.2 Å². The van der Waals surface area contributed by atoms with Gasteiger partial charge in [-0.2, -0.15) is 5.10 Å². The van der Waals surface area contributed by atoms with Crippen molar-refractivity contribution in [3.63, 3.8) is 0 Å². The van der Waals surface area contributed by atoms with Gasteiger partial charge in [0.25, 0.3) is 5.91 Å². The molecule has 0 radical (unpaired) electrons. The molecule has 0 unspecified atom stereocenters. The summed E-state index contributed by atoms with van der Waals surface area (Å²) in [7, 11) is 3.41. The fourth-order valence-electron chi connectivity index (χ4n) is 4.57. The average molecular weight is 430 g/mol. The molecule has 2 aromatic rings. The second kappa shape index (κ2) is 10.0. The Kier molecular flexibility index (Phi) is 7.13. The van der Waals surface area contributed by atoms with E-state index in [0.717, 1.165) is 80.4 Å². The molecule has 7 nitrogen and oxygen atoms in total. The lowest BCUT2D eigenvalue weighted by atomic mass is 10.0. The average Bonchev–Trinajstić information content (AvgIpc) is 3.57. The zero-order valence-electron chi connectivity index (χ0n) is 19.0. The number of aryl methyl sites for hydroxylation is 1. The van der Waals surface area contributed by atoms with Gasteiger partial charge in [0.05, 0.1) is 24.4 Å². The zero-order chi connectivity index (χ0) is 21.8. The molecule has 1 saturated heterocycles. The van der Waals surface area contributed by atoms with Crippen molar-refractivity contribution in [3.8, 4) is 5.75 Å². The van der Waals surface area contributed by atoms with E-state index in [1.807, 2.05) is 12.1 Å². The van der Waals surface area contributed by atoms with Crippen LogP contribution in [0.4, 0.5) is 0 Å². The third-order valence-corrected chi connectivity index (χ3v) is 6.42. The van der Waals surface area contributed by atoms with E-state index in [1.165, 1.54) is 0 Å². The van der Waals surface area contributed by atoms with Gasteiger partial charge in [-0.25, -0.2) is 0 Å². The van der Waals surface area contributed by atoms with E-state index in [-0.39, 0.29) is 18.1 Å². The lowest BCUT2D eigenvalue weighted by Crippen LogP contribution is -2.44. The highest BCUT2D eigenvalue weighted by atomic mass is 16.5. The Morgan fingerprint density at radius 2 is 2.10 bits per heavy atom. The van der Waals surface area contributed by atoms with Crippen molar-refractivity contribution >= 4 is 16.8 Å². The Morgan fingerprint density at radius 3 is 2.77 bits per heavy atom. The van der Waals surface area contributed by atoms with Gasteiger partial charge < -0.3 is 19.1 Å². The summed E-state index contributed by atoms with van der Waals surface area (Å²) in [4.78, 5) is 15.5. The highest BCUT2D eigenvalue weighted by molar-refractivity contribution is 5.86. The molecule has 1 amide bonds. The molecule has 0 bridgehead atoms. The van der Waals surface area contributed by atoms with Gasteiger partial charge >= 0.3 is 0 Å². The van der Waals surface area contributed by atoms with Crippen molar-refractivity contribution in [3.05, 3.63) is 23.9 Å². The lowest BCUT2D eigenvalue weighted by molar-refractivity contribution is -0.149. The van der Waals surface area contributed by atoms with E-state index in [2.05, 4.69) is 22.6 Å². The number of amides is 1. The SMILES string of the molecule is COCCCCn1nc([C@@H](C)N(C(=O)[C@H]2CCCCO2)C2CC2)c2ccc(OC)cc21. The Labute approximate surface area is 184 Å². The molecule has 1 saturated carbocycles. The second-order valence-corrected chi connectivity index (χ2v) is 8.70. The summed E-state index contributed by atoms with van der Waals surface area (Å²) in [6.07, 6.45) is 6.71. The molecular formula is C24H35N3O4. The van der Waals surface area contributed by atoms with Crippen LogP contribution in [0.2, 0.25) is 0 Å². The monoisotopic (exact) mass is 429 g/mol. The van der Waals surface area contributed by atoms with Gasteiger partial charge in [0.1, 0.15) is 11.9 Å². The molecule has 0 N–H and O–H groups in total. The number of aromatic nitrogens is 2. The van der Waals surface area contributed by atoms with Gasteiger partial charge in [0.15, 0.2) is 0 Å². The highest BCUT2D eigenvalue weighted by Gasteiger charge is 2.41. The van der Waals surface area contributed by atoms with Crippen LogP contribution >= 0.6 is 0 Å². The van der Waals surface area contributed by atoms with E-state index >= 15 is 0 Å². The summed E-state index contributed by atoms with van der Waals surface area (Å²) in [5, 5.41) is 6.09. The maximum Gasteiger partial charge on any atom is 0.252 e. The molecule has 2 aliphatic rings. The number of rotatable bonds is 10. The number of carbonyl (C=O) groups is 1. The van der Waals surface area contributed by atoms with Gasteiger partial charge in [-0.1, -0.05) is 0 Å². The number of unbranched alkanes of at least 4 members (excludes halogenated alkanes) is 1. The molecule has 2 fully saturated rings. The predicted molar refractivity (Wildman–Crippen MR) is 119 cm³/mol. The first-order chi connectivity index (χ1) is 15.1. The molecule has 0 spiro atoms. The van der Waals surface area contributed by atoms with Crippen molar-refractivity contribution in [2.75, 3.05) is 27.4 Å². The molecule has 170 valence electrons. The normalized spacial score (nSPS) is 20.0. The molecule has 2 heterocycles. The van der Waals surface area contributed by atoms with E-state index in [9.17, 15) is 4.79 Å². The number of carbonyl (C=O) groups excluding carboxylic acids is 1. The summed E-state index contributed by atoms with van der Waals surface area (Å²) in [5.41, 5.74) is 2.01. The maximum atomic E-state index is 13.4. The second-order valence-electron chi connectivity index (χ2n) is 8.70. The Hall–Kier alpha value is -2.12. The Morgan fingerprint density at radius 1 is 1.26 bits per heavy atom. The van der Waals surface area contributed by atoms with Crippen LogP contribution in [-0.4, -0.2) is 60.2 Å². The van der Waals surface area contributed by atoms with Crippen LogP contribution in [0.5, 0.6) is 5.75 Å². The first kappa shape index (κ1) is 22.1. The summed E-state index contributed by atoms with van der Waals surface area (Å²) in [6, 6.07) is 6.30. The summed E-state index contributed by atoms with van der Waals surface area (Å²) in [6.45, 7) is 4.35. The van der Waals surface area contributed by atoms with Crippen molar-refractivity contribution in [1.82, 2.24) is 14.7 Å². The van der Waals surface area contributed by atoms with Crippen LogP contribution in [0.3, 0.4) is 0 Å². The predicted octanol–water partition coefficient (Wildman–Crippen LogP) is 4.09. The highest BCUT2D eigenvalue weighted by Crippen LogP contribution is 2.38. The van der Waals surface area contributed by atoms with Crippen LogP contribution in [0, 0.1) is 0 Å². The summed E-state index contributed by atoms with van der Waals surface area (Å²) in [5.74, 6) is 0.946. The quantitative estimate of drug-likeness (QED) is 0.532. The van der Waals surface area contributed by atoms with Gasteiger partial charge in [-0.15, -0.1) is 0 Å². The van der Waals surface area contributed by atoms with Crippen molar-refractivity contribution in [2.24, 2.45) is 0 Å². The number of methoxy groups -OCH3 is 2.